The van der Waals surface area contributed by atoms with Crippen LogP contribution in [0.25, 0.3) is 0 Å². The Labute approximate surface area is 108 Å². The highest BCUT2D eigenvalue weighted by molar-refractivity contribution is 5.68. The highest BCUT2D eigenvalue weighted by Gasteiger charge is 2.02. The van der Waals surface area contributed by atoms with Gasteiger partial charge in [0, 0.05) is 29.2 Å². The minimum absolute atomic E-state index is 0.682. The molecular formula is C15H18N2O. The number of rotatable bonds is 3. The first-order chi connectivity index (χ1) is 8.58. The number of nitrogens with one attached hydrogen (secondary N) is 1. The molecule has 0 amide bonds. The molecule has 0 aliphatic rings. The lowest BCUT2D eigenvalue weighted by Crippen LogP contribution is -1.96. The Morgan fingerprint density at radius 3 is 2.50 bits per heavy atom. The Morgan fingerprint density at radius 2 is 1.83 bits per heavy atom. The van der Waals surface area contributed by atoms with Crippen molar-refractivity contribution in [2.45, 2.75) is 13.8 Å². The molecule has 0 saturated heterocycles. The van der Waals surface area contributed by atoms with Crippen LogP contribution in [0.5, 0.6) is 5.75 Å². The van der Waals surface area contributed by atoms with Gasteiger partial charge in [-0.15, -0.1) is 0 Å². The van der Waals surface area contributed by atoms with E-state index < -0.39 is 0 Å². The maximum Gasteiger partial charge on any atom is 0.122 e. The largest absolute Gasteiger partial charge is 0.497 e. The summed E-state index contributed by atoms with van der Waals surface area (Å²) in [6.45, 7) is 4.17. The van der Waals surface area contributed by atoms with Gasteiger partial charge in [0.1, 0.15) is 5.75 Å². The Balaban J connectivity index is 2.30. The van der Waals surface area contributed by atoms with Crippen molar-refractivity contribution in [1.82, 2.24) is 0 Å². The zero-order valence-electron chi connectivity index (χ0n) is 10.9. The highest BCUT2D eigenvalue weighted by atomic mass is 16.5. The summed E-state index contributed by atoms with van der Waals surface area (Å²) < 4.78 is 5.20. The number of nitrogens with two attached hydrogens (primary N) is 1. The second kappa shape index (κ2) is 5.00. The van der Waals surface area contributed by atoms with Crippen molar-refractivity contribution in [3.63, 3.8) is 0 Å². The van der Waals surface area contributed by atoms with Gasteiger partial charge < -0.3 is 15.8 Å². The normalized spacial score (nSPS) is 10.2. The summed E-state index contributed by atoms with van der Waals surface area (Å²) in [6, 6.07) is 11.9. The summed E-state index contributed by atoms with van der Waals surface area (Å²) in [5.74, 6) is 0.752. The van der Waals surface area contributed by atoms with E-state index in [1.807, 2.05) is 12.1 Å². The smallest absolute Gasteiger partial charge is 0.122 e. The van der Waals surface area contributed by atoms with Gasteiger partial charge in [0.05, 0.1) is 7.11 Å². The van der Waals surface area contributed by atoms with Crippen LogP contribution in [0.1, 0.15) is 11.1 Å². The number of benzene rings is 2. The molecule has 0 aliphatic heterocycles. The molecule has 0 heterocycles. The zero-order valence-corrected chi connectivity index (χ0v) is 10.9. The molecule has 3 N–H and O–H groups in total. The standard InChI is InChI=1S/C15H18N2O/c1-10-4-5-15(11(2)6-10)17-13-7-12(16)8-14(9-13)18-3/h4-9,17H,16H2,1-3H3. The van der Waals surface area contributed by atoms with Crippen LogP contribution in [0.2, 0.25) is 0 Å². The van der Waals surface area contributed by atoms with Gasteiger partial charge in [-0.1, -0.05) is 17.7 Å². The van der Waals surface area contributed by atoms with Crippen LogP contribution >= 0.6 is 0 Å². The maximum atomic E-state index is 5.83. The summed E-state index contributed by atoms with van der Waals surface area (Å²) in [4.78, 5) is 0. The van der Waals surface area contributed by atoms with Crippen LogP contribution < -0.4 is 15.8 Å². The van der Waals surface area contributed by atoms with E-state index in [0.717, 1.165) is 17.1 Å². The summed E-state index contributed by atoms with van der Waals surface area (Å²) in [5.41, 5.74) is 11.0. The second-order valence-corrected chi connectivity index (χ2v) is 4.44. The molecule has 0 aliphatic carbocycles. The van der Waals surface area contributed by atoms with E-state index in [1.165, 1.54) is 11.1 Å². The zero-order chi connectivity index (χ0) is 13.1. The first-order valence-corrected chi connectivity index (χ1v) is 5.87. The van der Waals surface area contributed by atoms with Crippen molar-refractivity contribution in [2.24, 2.45) is 0 Å². The van der Waals surface area contributed by atoms with Gasteiger partial charge in [0.25, 0.3) is 0 Å². The van der Waals surface area contributed by atoms with Crippen molar-refractivity contribution >= 4 is 17.1 Å². The quantitative estimate of drug-likeness (QED) is 0.808. The minimum atomic E-state index is 0.682. The molecule has 2 rings (SSSR count). The van der Waals surface area contributed by atoms with Crippen LogP contribution in [-0.4, -0.2) is 7.11 Å². The first-order valence-electron chi connectivity index (χ1n) is 5.87. The Morgan fingerprint density at radius 1 is 1.06 bits per heavy atom. The second-order valence-electron chi connectivity index (χ2n) is 4.44. The van der Waals surface area contributed by atoms with Crippen LogP contribution in [0, 0.1) is 13.8 Å². The maximum absolute atomic E-state index is 5.83. The van der Waals surface area contributed by atoms with E-state index in [4.69, 9.17) is 10.5 Å². The topological polar surface area (TPSA) is 47.3 Å². The molecule has 0 fully saturated rings. The highest BCUT2D eigenvalue weighted by Crippen LogP contribution is 2.27. The Bertz CT molecular complexity index is 564. The average Bonchev–Trinajstić information content (AvgIpc) is 2.32. The molecule has 3 heteroatoms. The van der Waals surface area contributed by atoms with E-state index >= 15 is 0 Å². The number of nitrogen functional groups attached to an aromatic ring is 1. The number of ether oxygens (including phenoxy) is 1. The molecule has 94 valence electrons. The summed E-state index contributed by atoms with van der Waals surface area (Å²) in [7, 11) is 1.63. The molecule has 0 saturated carbocycles. The lowest BCUT2D eigenvalue weighted by molar-refractivity contribution is 0.415. The number of hydrogen-bond donors (Lipinski definition) is 2. The monoisotopic (exact) mass is 242 g/mol. The summed E-state index contributed by atoms with van der Waals surface area (Å²) in [6.07, 6.45) is 0. The SMILES string of the molecule is COc1cc(N)cc(Nc2ccc(C)cc2C)c1. The minimum Gasteiger partial charge on any atom is -0.497 e. The molecule has 0 aromatic heterocycles. The van der Waals surface area contributed by atoms with Gasteiger partial charge in [-0.2, -0.15) is 0 Å². The fraction of sp³-hybridized carbons (Fsp3) is 0.200. The molecule has 0 bridgehead atoms. The van der Waals surface area contributed by atoms with Crippen molar-refractivity contribution in [3.05, 3.63) is 47.5 Å². The third-order valence-electron chi connectivity index (χ3n) is 2.83. The van der Waals surface area contributed by atoms with Gasteiger partial charge in [0.2, 0.25) is 0 Å². The van der Waals surface area contributed by atoms with Crippen LogP contribution in [-0.2, 0) is 0 Å². The Kier molecular flexibility index (Phi) is 3.42. The molecule has 3 nitrogen and oxygen atoms in total. The Hall–Kier alpha value is -2.16. The van der Waals surface area contributed by atoms with E-state index in [0.29, 0.717) is 5.69 Å². The van der Waals surface area contributed by atoms with E-state index in [9.17, 15) is 0 Å². The molecule has 0 atom stereocenters. The molecule has 18 heavy (non-hydrogen) atoms. The van der Waals surface area contributed by atoms with Crippen LogP contribution in [0.4, 0.5) is 17.1 Å². The van der Waals surface area contributed by atoms with Gasteiger partial charge in [-0.3, -0.25) is 0 Å². The number of hydrogen-bond acceptors (Lipinski definition) is 3. The van der Waals surface area contributed by atoms with Gasteiger partial charge in [0.15, 0.2) is 0 Å². The molecular weight excluding hydrogens is 224 g/mol. The van der Waals surface area contributed by atoms with E-state index in [2.05, 4.69) is 37.4 Å². The van der Waals surface area contributed by atoms with Gasteiger partial charge in [-0.05, 0) is 31.5 Å². The molecule has 0 spiro atoms. The fourth-order valence-electron chi connectivity index (χ4n) is 1.92. The fourth-order valence-corrected chi connectivity index (χ4v) is 1.92. The van der Waals surface area contributed by atoms with Crippen LogP contribution in [0.15, 0.2) is 36.4 Å². The van der Waals surface area contributed by atoms with Crippen LogP contribution in [0.3, 0.4) is 0 Å². The lowest BCUT2D eigenvalue weighted by Gasteiger charge is -2.12. The molecule has 0 unspecified atom stereocenters. The number of aryl methyl sites for hydroxylation is 2. The third-order valence-corrected chi connectivity index (χ3v) is 2.83. The van der Waals surface area contributed by atoms with Crippen molar-refractivity contribution in [2.75, 3.05) is 18.2 Å². The molecule has 2 aromatic rings. The first kappa shape index (κ1) is 12.3. The van der Waals surface area contributed by atoms with E-state index in [1.54, 1.807) is 13.2 Å². The van der Waals surface area contributed by atoms with E-state index in [-0.39, 0.29) is 0 Å². The number of anilines is 3. The predicted molar refractivity (Wildman–Crippen MR) is 76.6 cm³/mol. The van der Waals surface area contributed by atoms with Crippen molar-refractivity contribution in [1.29, 1.82) is 0 Å². The van der Waals surface area contributed by atoms with Gasteiger partial charge in [-0.25, -0.2) is 0 Å². The molecule has 0 radical (unpaired) electrons. The lowest BCUT2D eigenvalue weighted by atomic mass is 10.1. The van der Waals surface area contributed by atoms with Crippen molar-refractivity contribution in [3.8, 4) is 5.75 Å². The summed E-state index contributed by atoms with van der Waals surface area (Å²) in [5, 5.41) is 3.35. The predicted octanol–water partition coefficient (Wildman–Crippen LogP) is 3.64. The average molecular weight is 242 g/mol. The molecule has 2 aromatic carbocycles. The van der Waals surface area contributed by atoms with Gasteiger partial charge >= 0.3 is 0 Å². The number of methoxy groups -OCH3 is 1. The third kappa shape index (κ3) is 2.74. The van der Waals surface area contributed by atoms with Crippen molar-refractivity contribution < 1.29 is 4.74 Å². The summed E-state index contributed by atoms with van der Waals surface area (Å²) >= 11 is 0.